The van der Waals surface area contributed by atoms with Crippen molar-refractivity contribution < 1.29 is 9.90 Å². The Morgan fingerprint density at radius 1 is 1.26 bits per heavy atom. The fourth-order valence-electron chi connectivity index (χ4n) is 1.99. The first kappa shape index (κ1) is 17.7. The van der Waals surface area contributed by atoms with E-state index in [2.05, 4.69) is 33.9 Å². The lowest BCUT2D eigenvalue weighted by Gasteiger charge is -2.10. The molecule has 3 nitrogen and oxygen atoms in total. The average Bonchev–Trinajstić information content (AvgIpc) is 2.49. The molecule has 2 N–H and O–H groups in total. The number of nitrogens with one attached hydrogen (secondary N) is 1. The van der Waals surface area contributed by atoms with Crippen LogP contribution < -0.4 is 5.32 Å². The van der Waals surface area contributed by atoms with E-state index < -0.39 is 0 Å². The van der Waals surface area contributed by atoms with Crippen LogP contribution >= 0.6 is 40.8 Å². The van der Waals surface area contributed by atoms with Crippen molar-refractivity contribution in [2.75, 3.05) is 5.32 Å². The van der Waals surface area contributed by atoms with Gasteiger partial charge in [-0.3, -0.25) is 4.79 Å². The van der Waals surface area contributed by atoms with E-state index in [9.17, 15) is 9.90 Å². The molecule has 0 aromatic heterocycles. The minimum Gasteiger partial charge on any atom is -0.507 e. The summed E-state index contributed by atoms with van der Waals surface area (Å²) in [4.78, 5) is 12.5. The van der Waals surface area contributed by atoms with E-state index in [1.54, 1.807) is 36.4 Å². The van der Waals surface area contributed by atoms with Gasteiger partial charge in [0, 0.05) is 21.7 Å². The molecule has 23 heavy (non-hydrogen) atoms. The number of halogens is 1. The van der Waals surface area contributed by atoms with Crippen LogP contribution in [0.2, 0.25) is 0 Å². The summed E-state index contributed by atoms with van der Waals surface area (Å²) in [6.07, 6.45) is 1.20. The second-order valence-corrected chi connectivity index (χ2v) is 6.95. The van der Waals surface area contributed by atoms with E-state index in [1.807, 2.05) is 13.0 Å². The number of aliphatic hydroxyl groups is 1. The van der Waals surface area contributed by atoms with Gasteiger partial charge in [0.05, 0.1) is 5.69 Å². The fraction of sp³-hybridized carbons (Fsp3) is 0.0588. The number of benzene rings is 2. The second-order valence-electron chi connectivity index (χ2n) is 4.88. The van der Waals surface area contributed by atoms with Crippen molar-refractivity contribution in [3.8, 4) is 0 Å². The molecule has 0 radical (unpaired) electrons. The van der Waals surface area contributed by atoms with E-state index >= 15 is 0 Å². The Labute approximate surface area is 154 Å². The second kappa shape index (κ2) is 7.77. The summed E-state index contributed by atoms with van der Waals surface area (Å²) in [5.74, 6) is -0.412. The molecule has 0 heterocycles. The summed E-state index contributed by atoms with van der Waals surface area (Å²) in [5.41, 5.74) is 2.47. The lowest BCUT2D eigenvalue weighted by molar-refractivity contribution is 0.104. The zero-order chi connectivity index (χ0) is 17.0. The van der Waals surface area contributed by atoms with Crippen LogP contribution in [0, 0.1) is 6.92 Å². The van der Waals surface area contributed by atoms with E-state index in [0.29, 0.717) is 16.8 Å². The van der Waals surface area contributed by atoms with Crippen LogP contribution in [0.1, 0.15) is 21.5 Å². The number of aliphatic hydroxyl groups excluding tert-OH is 1. The van der Waals surface area contributed by atoms with Gasteiger partial charge in [0.1, 0.15) is 10.1 Å². The average molecular weight is 408 g/mol. The molecule has 0 atom stereocenters. The lowest BCUT2D eigenvalue weighted by Crippen LogP contribution is -2.08. The number of carbonyl (C=O) groups is 1. The molecule has 0 saturated carbocycles. The number of hydrogen-bond acceptors (Lipinski definition) is 3. The van der Waals surface area contributed by atoms with Gasteiger partial charge in [-0.1, -0.05) is 51.9 Å². The molecule has 0 aliphatic heterocycles. The number of rotatable bonds is 4. The molecule has 0 saturated heterocycles. The number of ketones is 1. The number of thiol groups is 1. The SMILES string of the molecule is Cc1ccc(NC(=S)S)c(C(=O)/C=C(\O)c2ccc(Br)cc2)c1. The summed E-state index contributed by atoms with van der Waals surface area (Å²) >= 11 is 12.3. The molecule has 2 aromatic rings. The molecule has 2 rings (SSSR count). The molecule has 118 valence electrons. The Hall–Kier alpha value is -1.63. The highest BCUT2D eigenvalue weighted by molar-refractivity contribution is 9.10. The molecule has 0 unspecified atom stereocenters. The molecular formula is C17H14BrNO2S2. The van der Waals surface area contributed by atoms with E-state index in [1.165, 1.54) is 6.08 Å². The zero-order valence-corrected chi connectivity index (χ0v) is 15.5. The quantitative estimate of drug-likeness (QED) is 0.215. The topological polar surface area (TPSA) is 49.3 Å². The summed E-state index contributed by atoms with van der Waals surface area (Å²) in [6, 6.07) is 12.4. The van der Waals surface area contributed by atoms with E-state index in [4.69, 9.17) is 12.2 Å². The minimum atomic E-state index is -0.318. The van der Waals surface area contributed by atoms with Gasteiger partial charge in [0.2, 0.25) is 0 Å². The molecule has 0 aliphatic carbocycles. The summed E-state index contributed by atoms with van der Waals surface area (Å²) in [6.45, 7) is 1.89. The largest absolute Gasteiger partial charge is 0.507 e. The molecule has 2 aromatic carbocycles. The Morgan fingerprint density at radius 2 is 1.91 bits per heavy atom. The standard InChI is InChI=1S/C17H14BrNO2S2/c1-10-2-7-14(19-17(22)23)13(8-10)16(21)9-15(20)11-3-5-12(18)6-4-11/h2-9,20H,1H3,(H2,19,22,23)/b15-9-. The molecule has 0 aliphatic rings. The molecule has 0 fully saturated rings. The highest BCUT2D eigenvalue weighted by atomic mass is 79.9. The van der Waals surface area contributed by atoms with E-state index in [-0.39, 0.29) is 15.9 Å². The van der Waals surface area contributed by atoms with Crippen molar-refractivity contribution in [1.82, 2.24) is 0 Å². The third-order valence-electron chi connectivity index (χ3n) is 3.09. The van der Waals surface area contributed by atoms with E-state index in [0.717, 1.165) is 10.0 Å². The number of carbonyl (C=O) groups excluding carboxylic acids is 1. The maximum Gasteiger partial charge on any atom is 0.191 e. The normalized spacial score (nSPS) is 11.2. The third-order valence-corrected chi connectivity index (χ3v) is 3.83. The molecule has 0 bridgehead atoms. The van der Waals surface area contributed by atoms with Crippen LogP contribution in [-0.4, -0.2) is 15.2 Å². The maximum absolute atomic E-state index is 12.5. The number of aryl methyl sites for hydroxylation is 1. The first-order valence-corrected chi connectivity index (χ1v) is 8.33. The smallest absolute Gasteiger partial charge is 0.191 e. The Balaban J connectivity index is 2.36. The maximum atomic E-state index is 12.5. The van der Waals surface area contributed by atoms with Gasteiger partial charge in [-0.05, 0) is 31.2 Å². The van der Waals surface area contributed by atoms with Gasteiger partial charge < -0.3 is 10.4 Å². The number of allylic oxidation sites excluding steroid dienone is 1. The molecule has 0 spiro atoms. The molecule has 6 heteroatoms. The van der Waals surface area contributed by atoms with Crippen molar-refractivity contribution in [2.45, 2.75) is 6.92 Å². The van der Waals surface area contributed by atoms with Crippen molar-refractivity contribution in [1.29, 1.82) is 0 Å². The van der Waals surface area contributed by atoms with Gasteiger partial charge in [-0.25, -0.2) is 0 Å². The predicted octanol–water partition coefficient (Wildman–Crippen LogP) is 5.17. The van der Waals surface area contributed by atoms with Gasteiger partial charge in [0.25, 0.3) is 0 Å². The summed E-state index contributed by atoms with van der Waals surface area (Å²) in [5, 5.41) is 13.0. The molecular weight excluding hydrogens is 394 g/mol. The monoisotopic (exact) mass is 407 g/mol. The van der Waals surface area contributed by atoms with Crippen molar-refractivity contribution in [3.05, 3.63) is 69.7 Å². The summed E-state index contributed by atoms with van der Waals surface area (Å²) < 4.78 is 1.16. The first-order valence-electron chi connectivity index (χ1n) is 6.68. The predicted molar refractivity (Wildman–Crippen MR) is 105 cm³/mol. The van der Waals surface area contributed by atoms with Crippen LogP contribution in [0.5, 0.6) is 0 Å². The lowest BCUT2D eigenvalue weighted by atomic mass is 10.0. The highest BCUT2D eigenvalue weighted by Gasteiger charge is 2.12. The number of thiocarbonyl (C=S) groups is 1. The number of hydrogen-bond donors (Lipinski definition) is 3. The van der Waals surface area contributed by atoms with Crippen LogP contribution in [0.4, 0.5) is 5.69 Å². The van der Waals surface area contributed by atoms with Crippen LogP contribution in [-0.2, 0) is 0 Å². The van der Waals surface area contributed by atoms with Gasteiger partial charge in [-0.2, -0.15) is 0 Å². The fourth-order valence-corrected chi connectivity index (χ4v) is 2.49. The molecule has 0 amide bonds. The zero-order valence-electron chi connectivity index (χ0n) is 12.2. The minimum absolute atomic E-state index is 0.0941. The third kappa shape index (κ3) is 4.92. The van der Waals surface area contributed by atoms with Crippen LogP contribution in [0.25, 0.3) is 5.76 Å². The number of anilines is 1. The Morgan fingerprint density at radius 3 is 2.52 bits per heavy atom. The Bertz CT molecular complexity index is 786. The van der Waals surface area contributed by atoms with Crippen molar-refractivity contribution in [3.63, 3.8) is 0 Å². The van der Waals surface area contributed by atoms with Gasteiger partial charge in [0.15, 0.2) is 5.78 Å². The highest BCUT2D eigenvalue weighted by Crippen LogP contribution is 2.22. The first-order chi connectivity index (χ1) is 10.9. The van der Waals surface area contributed by atoms with Gasteiger partial charge in [-0.15, -0.1) is 12.6 Å². The van der Waals surface area contributed by atoms with Crippen molar-refractivity contribution >= 4 is 62.3 Å². The Kier molecular flexibility index (Phi) is 5.98. The summed E-state index contributed by atoms with van der Waals surface area (Å²) in [7, 11) is 0. The van der Waals surface area contributed by atoms with Crippen molar-refractivity contribution in [2.24, 2.45) is 0 Å². The van der Waals surface area contributed by atoms with Crippen LogP contribution in [0.3, 0.4) is 0 Å². The van der Waals surface area contributed by atoms with Crippen LogP contribution in [0.15, 0.2) is 53.0 Å². The van der Waals surface area contributed by atoms with Gasteiger partial charge >= 0.3 is 0 Å².